The van der Waals surface area contributed by atoms with E-state index < -0.39 is 6.29 Å². The van der Waals surface area contributed by atoms with Gasteiger partial charge in [-0.25, -0.2) is 4.79 Å². The van der Waals surface area contributed by atoms with Crippen LogP contribution in [0.4, 0.5) is 10.5 Å². The van der Waals surface area contributed by atoms with Crippen LogP contribution in [0.15, 0.2) is 78.9 Å². The van der Waals surface area contributed by atoms with E-state index in [4.69, 9.17) is 9.47 Å². The van der Waals surface area contributed by atoms with Gasteiger partial charge < -0.3 is 25.2 Å². The summed E-state index contributed by atoms with van der Waals surface area (Å²) in [6.45, 7) is 1.60. The van der Waals surface area contributed by atoms with Crippen LogP contribution in [0.3, 0.4) is 0 Å². The zero-order valence-electron chi connectivity index (χ0n) is 25.7. The molecule has 232 valence electrons. The molecule has 0 radical (unpaired) electrons. The lowest BCUT2D eigenvalue weighted by molar-refractivity contribution is -0.252. The molecule has 4 bridgehead atoms. The second kappa shape index (κ2) is 12.6. The Balaban J connectivity index is 1.05. The summed E-state index contributed by atoms with van der Waals surface area (Å²) in [5, 5.41) is 16.1. The predicted molar refractivity (Wildman–Crippen MR) is 171 cm³/mol. The largest absolute Gasteiger partial charge is 0.392 e. The van der Waals surface area contributed by atoms with E-state index in [2.05, 4.69) is 46.8 Å². The number of ether oxygens (including phenoxy) is 2. The first-order valence-electron chi connectivity index (χ1n) is 16.3. The zero-order chi connectivity index (χ0) is 30.1. The summed E-state index contributed by atoms with van der Waals surface area (Å²) < 4.78 is 13.2. The quantitative estimate of drug-likeness (QED) is 0.250. The number of rotatable bonds is 9. The van der Waals surface area contributed by atoms with Gasteiger partial charge in [0.05, 0.1) is 18.8 Å². The molecule has 1 aliphatic heterocycles. The Labute approximate surface area is 260 Å². The topological polar surface area (TPSA) is 83.1 Å². The van der Waals surface area contributed by atoms with Crippen molar-refractivity contribution in [2.24, 2.45) is 17.8 Å². The van der Waals surface area contributed by atoms with Gasteiger partial charge in [0.25, 0.3) is 0 Å². The number of likely N-dealkylation sites (N-methyl/N-ethyl adjacent to an activating group) is 1. The molecule has 0 spiro atoms. The van der Waals surface area contributed by atoms with E-state index in [0.29, 0.717) is 0 Å². The van der Waals surface area contributed by atoms with Gasteiger partial charge in [-0.2, -0.15) is 0 Å². The minimum Gasteiger partial charge on any atom is -0.392 e. The number of aliphatic hydroxyl groups is 1. The molecule has 7 heteroatoms. The van der Waals surface area contributed by atoms with Gasteiger partial charge in [0.2, 0.25) is 0 Å². The van der Waals surface area contributed by atoms with Gasteiger partial charge in [-0.1, -0.05) is 66.7 Å². The van der Waals surface area contributed by atoms with Gasteiger partial charge in [0, 0.05) is 36.3 Å². The highest BCUT2D eigenvalue weighted by molar-refractivity contribution is 5.90. The number of amides is 2. The molecule has 8 rings (SSSR count). The summed E-state index contributed by atoms with van der Waals surface area (Å²) in [4.78, 5) is 15.6. The first-order valence-corrected chi connectivity index (χ1v) is 16.3. The molecule has 4 aliphatic carbocycles. The minimum atomic E-state index is -0.575. The number of hydrogen-bond donors (Lipinski definition) is 3. The number of anilines is 1. The third kappa shape index (κ3) is 6.71. The Hall–Kier alpha value is -3.23. The van der Waals surface area contributed by atoms with Gasteiger partial charge in [-0.15, -0.1) is 0 Å². The van der Waals surface area contributed by atoms with Crippen LogP contribution in [-0.4, -0.2) is 41.3 Å². The normalized spacial score (nSPS) is 30.8. The standard InChI is InChI=1S/C37H45N3O4/c1-40(22-25-6-3-2-4-7-25)23-33-18-34(30-12-10-26(24-41)11-13-30)44-35(43-33)31-8-5-9-32(17-31)38-36(42)39-37-19-27-14-28(20-37)16-29(15-27)21-37/h2-13,17,27-29,33-35,41H,14-16,18-24H2,1H3,(H2,38,39,42)/t27?,28?,29?,33-,34+,35+,37?/m0/s1. The molecule has 2 amide bonds. The van der Waals surface area contributed by atoms with E-state index in [1.807, 2.05) is 54.6 Å². The number of carbonyl (C=O) groups is 1. The monoisotopic (exact) mass is 595 g/mol. The summed E-state index contributed by atoms with van der Waals surface area (Å²) in [6, 6.07) is 26.2. The molecular weight excluding hydrogens is 550 g/mol. The minimum absolute atomic E-state index is 0.0146. The summed E-state index contributed by atoms with van der Waals surface area (Å²) in [6.07, 6.45) is 7.35. The fourth-order valence-corrected chi connectivity index (χ4v) is 8.77. The first kappa shape index (κ1) is 29.5. The van der Waals surface area contributed by atoms with Crippen molar-refractivity contribution in [2.45, 2.75) is 82.1 Å². The highest BCUT2D eigenvalue weighted by Crippen LogP contribution is 2.55. The summed E-state index contributed by atoms with van der Waals surface area (Å²) in [7, 11) is 2.12. The second-order valence-electron chi connectivity index (χ2n) is 13.9. The zero-order valence-corrected chi connectivity index (χ0v) is 25.7. The van der Waals surface area contributed by atoms with Crippen molar-refractivity contribution in [3.8, 4) is 0 Å². The van der Waals surface area contributed by atoms with Crippen molar-refractivity contribution in [2.75, 3.05) is 18.9 Å². The molecule has 1 saturated heterocycles. The third-order valence-electron chi connectivity index (χ3n) is 10.3. The molecule has 3 N–H and O–H groups in total. The maximum absolute atomic E-state index is 13.3. The SMILES string of the molecule is CN(Cc1ccccc1)C[C@@H]1C[C@H](c2ccc(CO)cc2)O[C@H](c2cccc(NC(=O)NC34CC5CC(CC(C5)C3)C4)c2)O1. The molecule has 7 nitrogen and oxygen atoms in total. The van der Waals surface area contributed by atoms with Crippen LogP contribution in [0, 0.1) is 17.8 Å². The lowest BCUT2D eigenvalue weighted by atomic mass is 9.53. The van der Waals surface area contributed by atoms with Crippen LogP contribution in [-0.2, 0) is 22.6 Å². The number of urea groups is 1. The van der Waals surface area contributed by atoms with Crippen LogP contribution in [0.1, 0.15) is 79.6 Å². The molecule has 5 aliphatic rings. The van der Waals surface area contributed by atoms with Crippen LogP contribution in [0.5, 0.6) is 0 Å². The Morgan fingerprint density at radius 1 is 0.841 bits per heavy atom. The van der Waals surface area contributed by atoms with Crippen LogP contribution in [0.25, 0.3) is 0 Å². The Kier molecular flexibility index (Phi) is 8.47. The van der Waals surface area contributed by atoms with Crippen LogP contribution < -0.4 is 10.6 Å². The molecule has 1 heterocycles. The van der Waals surface area contributed by atoms with Crippen molar-refractivity contribution >= 4 is 11.7 Å². The van der Waals surface area contributed by atoms with Crippen LogP contribution >= 0.6 is 0 Å². The maximum Gasteiger partial charge on any atom is 0.319 e. The Morgan fingerprint density at radius 3 is 2.23 bits per heavy atom. The van der Waals surface area contributed by atoms with Crippen molar-refractivity contribution in [3.05, 3.63) is 101 Å². The van der Waals surface area contributed by atoms with E-state index in [-0.39, 0.29) is 30.4 Å². The lowest BCUT2D eigenvalue weighted by Crippen LogP contribution is -2.60. The molecule has 3 aromatic carbocycles. The van der Waals surface area contributed by atoms with E-state index in [1.54, 1.807) is 0 Å². The number of benzene rings is 3. The molecule has 0 unspecified atom stereocenters. The molecule has 3 atom stereocenters. The highest BCUT2D eigenvalue weighted by atomic mass is 16.7. The van der Waals surface area contributed by atoms with Crippen LogP contribution in [0.2, 0.25) is 0 Å². The highest BCUT2D eigenvalue weighted by Gasteiger charge is 2.51. The van der Waals surface area contributed by atoms with Gasteiger partial charge in [-0.05, 0) is 92.1 Å². The number of carbonyl (C=O) groups excluding carboxylic acids is 1. The predicted octanol–water partition coefficient (Wildman–Crippen LogP) is 6.95. The van der Waals surface area contributed by atoms with Gasteiger partial charge >= 0.3 is 6.03 Å². The molecule has 0 aromatic heterocycles. The summed E-state index contributed by atoms with van der Waals surface area (Å²) in [5.74, 6) is 2.33. The van der Waals surface area contributed by atoms with E-state index >= 15 is 0 Å². The summed E-state index contributed by atoms with van der Waals surface area (Å²) >= 11 is 0. The van der Waals surface area contributed by atoms with Crippen molar-refractivity contribution in [1.82, 2.24) is 10.2 Å². The average Bonchev–Trinajstić information content (AvgIpc) is 3.00. The molecule has 5 fully saturated rings. The lowest BCUT2D eigenvalue weighted by Gasteiger charge is -2.56. The molecule has 44 heavy (non-hydrogen) atoms. The fourth-order valence-electron chi connectivity index (χ4n) is 8.77. The van der Waals surface area contributed by atoms with Gasteiger partial charge in [0.15, 0.2) is 6.29 Å². The number of nitrogens with zero attached hydrogens (tertiary/aromatic N) is 1. The second-order valence-corrected chi connectivity index (χ2v) is 13.9. The number of aliphatic hydroxyl groups excluding tert-OH is 1. The number of hydrogen-bond acceptors (Lipinski definition) is 5. The molecule has 4 saturated carbocycles. The Bertz CT molecular complexity index is 1390. The van der Waals surface area contributed by atoms with Crippen molar-refractivity contribution in [3.63, 3.8) is 0 Å². The van der Waals surface area contributed by atoms with E-state index in [1.165, 1.54) is 24.8 Å². The molecular formula is C37H45N3O4. The van der Waals surface area contributed by atoms with E-state index in [9.17, 15) is 9.90 Å². The summed E-state index contributed by atoms with van der Waals surface area (Å²) in [5.41, 5.74) is 4.79. The first-order chi connectivity index (χ1) is 21.4. The fraction of sp³-hybridized carbons (Fsp3) is 0.486. The van der Waals surface area contributed by atoms with Gasteiger partial charge in [0.1, 0.15) is 0 Å². The number of nitrogens with one attached hydrogen (secondary N) is 2. The Morgan fingerprint density at radius 2 is 1.55 bits per heavy atom. The maximum atomic E-state index is 13.3. The van der Waals surface area contributed by atoms with Crippen molar-refractivity contribution < 1.29 is 19.4 Å². The van der Waals surface area contributed by atoms with Gasteiger partial charge in [-0.3, -0.25) is 4.90 Å². The third-order valence-corrected chi connectivity index (χ3v) is 10.3. The van der Waals surface area contributed by atoms with E-state index in [0.717, 1.165) is 78.9 Å². The smallest absolute Gasteiger partial charge is 0.319 e. The molecule has 3 aromatic rings. The van der Waals surface area contributed by atoms with Crippen molar-refractivity contribution in [1.29, 1.82) is 0 Å². The average molecular weight is 596 g/mol.